The van der Waals surface area contributed by atoms with Crippen LogP contribution in [-0.4, -0.2) is 53.5 Å². The lowest BCUT2D eigenvalue weighted by molar-refractivity contribution is -0.127. The first-order valence-corrected chi connectivity index (χ1v) is 13.7. The van der Waals surface area contributed by atoms with Crippen LogP contribution in [0.25, 0.3) is 11.1 Å². The predicted octanol–water partition coefficient (Wildman–Crippen LogP) is 3.94. The van der Waals surface area contributed by atoms with Gasteiger partial charge in [-0.25, -0.2) is 9.36 Å². The van der Waals surface area contributed by atoms with E-state index >= 15 is 0 Å². The first kappa shape index (κ1) is 25.1. The largest absolute Gasteiger partial charge is 0.530 e. The zero-order valence-electron chi connectivity index (χ0n) is 19.0. The van der Waals surface area contributed by atoms with Gasteiger partial charge in [0.2, 0.25) is 5.91 Å². The topological polar surface area (TPSA) is 124 Å². The third-order valence-corrected chi connectivity index (χ3v) is 7.86. The fourth-order valence-electron chi connectivity index (χ4n) is 4.36. The van der Waals surface area contributed by atoms with E-state index in [0.29, 0.717) is 5.75 Å². The van der Waals surface area contributed by atoms with Crippen LogP contribution in [0.1, 0.15) is 12.0 Å². The maximum absolute atomic E-state index is 13.3. The van der Waals surface area contributed by atoms with Crippen LogP contribution in [0.5, 0.6) is 5.75 Å². The molecule has 2 N–H and O–H groups in total. The lowest BCUT2D eigenvalue weighted by Gasteiger charge is -2.34. The normalized spacial score (nSPS) is 30.2. The second-order valence-electron chi connectivity index (χ2n) is 8.57. The van der Waals surface area contributed by atoms with Crippen molar-refractivity contribution < 1.29 is 37.6 Å². The number of halogens is 1. The van der Waals surface area contributed by atoms with E-state index in [0.717, 1.165) is 16.7 Å². The number of phosphoric acid groups is 1. The minimum atomic E-state index is -4.01. The Morgan fingerprint density at radius 3 is 2.78 bits per heavy atom. The first-order chi connectivity index (χ1) is 17.4. The molecule has 3 aliphatic rings. The molecule has 2 aromatic carbocycles. The molecule has 3 aliphatic heterocycles. The van der Waals surface area contributed by atoms with Crippen molar-refractivity contribution in [2.45, 2.75) is 31.5 Å². The van der Waals surface area contributed by atoms with Gasteiger partial charge in [0.15, 0.2) is 0 Å². The third kappa shape index (κ3) is 5.13. The van der Waals surface area contributed by atoms with Gasteiger partial charge >= 0.3 is 13.9 Å². The number of nitrogens with one attached hydrogen (secondary N) is 1. The molecule has 2 saturated heterocycles. The van der Waals surface area contributed by atoms with Gasteiger partial charge in [-0.3, -0.25) is 24.1 Å². The fraction of sp³-hybridized carbons (Fsp3) is 0.333. The molecule has 190 valence electrons. The van der Waals surface area contributed by atoms with Gasteiger partial charge in [0.1, 0.15) is 18.1 Å². The number of fused-ring (bicyclic) bond motifs is 1. The molecule has 0 saturated carbocycles. The molecule has 5 rings (SSSR count). The van der Waals surface area contributed by atoms with Crippen molar-refractivity contribution in [2.24, 2.45) is 5.92 Å². The molecular formula is C24H24BrN2O8P. The SMILES string of the molecule is O=C1NC(=O)N([C@H]2C[C@H](O)[C@@H](COP3(=O)OCc4cccc(-c5ccccc5)c4O3)O2)C[C@H]1/C=C/Br. The van der Waals surface area contributed by atoms with Gasteiger partial charge in [0.25, 0.3) is 0 Å². The van der Waals surface area contributed by atoms with Crippen molar-refractivity contribution in [3.63, 3.8) is 0 Å². The Morgan fingerprint density at radius 2 is 2.00 bits per heavy atom. The summed E-state index contributed by atoms with van der Waals surface area (Å²) in [7, 11) is -4.01. The monoisotopic (exact) mass is 578 g/mol. The highest BCUT2D eigenvalue weighted by molar-refractivity contribution is 9.11. The molecule has 0 aromatic heterocycles. The zero-order chi connectivity index (χ0) is 25.3. The molecule has 10 nitrogen and oxygen atoms in total. The minimum Gasteiger partial charge on any atom is -0.403 e. The number of aliphatic hydroxyl groups excluding tert-OH is 1. The standard InChI is InChI=1S/C24H24BrN2O8P/c25-10-9-16-12-27(24(30)26-23(16)29)21-11-19(28)20(34-21)14-33-36(31)32-13-17-7-4-8-18(22(17)35-36)15-5-2-1-3-6-15/h1-10,16,19-21,28H,11-14H2,(H,26,29,30)/b10-9+/t16-,19+,20-,21-,36?/m1/s1. The number of imide groups is 1. The van der Waals surface area contributed by atoms with Gasteiger partial charge in [0.05, 0.1) is 25.2 Å². The summed E-state index contributed by atoms with van der Waals surface area (Å²) in [5.41, 5.74) is 2.39. The van der Waals surface area contributed by atoms with E-state index in [1.54, 1.807) is 11.1 Å². The number of hydrogen-bond donors (Lipinski definition) is 2. The van der Waals surface area contributed by atoms with E-state index < -0.39 is 44.1 Å². The number of aliphatic hydroxyl groups is 1. The molecule has 0 radical (unpaired) electrons. The summed E-state index contributed by atoms with van der Waals surface area (Å²) in [5, 5.41) is 12.8. The highest BCUT2D eigenvalue weighted by atomic mass is 79.9. The molecule has 2 aromatic rings. The quantitative estimate of drug-likeness (QED) is 0.494. The second kappa shape index (κ2) is 10.5. The van der Waals surface area contributed by atoms with Crippen molar-refractivity contribution in [3.05, 3.63) is 65.2 Å². The Kier molecular flexibility index (Phi) is 7.30. The van der Waals surface area contributed by atoms with Crippen LogP contribution < -0.4 is 9.84 Å². The second-order valence-corrected chi connectivity index (χ2v) is 10.7. The number of ether oxygens (including phenoxy) is 1. The molecule has 3 amide bonds. The molecule has 36 heavy (non-hydrogen) atoms. The number of benzene rings is 2. The van der Waals surface area contributed by atoms with Crippen molar-refractivity contribution in [1.82, 2.24) is 10.2 Å². The van der Waals surface area contributed by atoms with Crippen LogP contribution in [0.3, 0.4) is 0 Å². The van der Waals surface area contributed by atoms with Crippen molar-refractivity contribution in [3.8, 4) is 16.9 Å². The third-order valence-electron chi connectivity index (χ3n) is 6.24. The Balaban J connectivity index is 1.25. The van der Waals surface area contributed by atoms with Crippen molar-refractivity contribution >= 4 is 35.7 Å². The van der Waals surface area contributed by atoms with Gasteiger partial charge in [-0.05, 0) is 10.5 Å². The van der Waals surface area contributed by atoms with Gasteiger partial charge in [0, 0.05) is 24.1 Å². The molecule has 0 aliphatic carbocycles. The van der Waals surface area contributed by atoms with E-state index in [1.165, 1.54) is 4.90 Å². The van der Waals surface area contributed by atoms with E-state index in [1.807, 2.05) is 48.5 Å². The number of urea groups is 1. The summed E-state index contributed by atoms with van der Waals surface area (Å²) >= 11 is 3.14. The van der Waals surface area contributed by atoms with Gasteiger partial charge in [-0.2, -0.15) is 0 Å². The number of amides is 3. The lowest BCUT2D eigenvalue weighted by atomic mass is 10.0. The molecule has 0 spiro atoms. The predicted molar refractivity (Wildman–Crippen MR) is 132 cm³/mol. The summed E-state index contributed by atoms with van der Waals surface area (Å²) in [6, 6.07) is 14.5. The van der Waals surface area contributed by atoms with Crippen LogP contribution in [0.4, 0.5) is 4.79 Å². The summed E-state index contributed by atoms with van der Waals surface area (Å²) in [6.45, 7) is -0.146. The Hall–Kier alpha value is -2.53. The first-order valence-electron chi connectivity index (χ1n) is 11.3. The van der Waals surface area contributed by atoms with Crippen LogP contribution in [0.15, 0.2) is 59.6 Å². The van der Waals surface area contributed by atoms with E-state index in [9.17, 15) is 19.3 Å². The molecule has 5 atom stereocenters. The summed E-state index contributed by atoms with van der Waals surface area (Å²) in [4.78, 5) is 27.3. The summed E-state index contributed by atoms with van der Waals surface area (Å²) in [6.07, 6.45) is -0.935. The van der Waals surface area contributed by atoms with Crippen LogP contribution >= 0.6 is 23.8 Å². The average molecular weight is 579 g/mol. The van der Waals surface area contributed by atoms with Gasteiger partial charge in [-0.15, -0.1) is 0 Å². The maximum atomic E-state index is 13.3. The lowest BCUT2D eigenvalue weighted by Crippen LogP contribution is -2.57. The number of rotatable bonds is 6. The summed E-state index contributed by atoms with van der Waals surface area (Å²) in [5.74, 6) is -0.549. The van der Waals surface area contributed by atoms with Gasteiger partial charge < -0.3 is 14.4 Å². The van der Waals surface area contributed by atoms with E-state index in [2.05, 4.69) is 21.2 Å². The number of nitrogens with zero attached hydrogens (tertiary/aromatic N) is 1. The molecular weight excluding hydrogens is 555 g/mol. The van der Waals surface area contributed by atoms with E-state index in [-0.39, 0.29) is 26.2 Å². The van der Waals surface area contributed by atoms with Crippen LogP contribution in [-0.2, 0) is 29.8 Å². The number of carbonyl (C=O) groups is 2. The smallest absolute Gasteiger partial charge is 0.403 e. The van der Waals surface area contributed by atoms with E-state index in [4.69, 9.17) is 18.3 Å². The molecule has 2 fully saturated rings. The summed E-state index contributed by atoms with van der Waals surface area (Å²) < 4.78 is 35.9. The number of hydrogen-bond acceptors (Lipinski definition) is 8. The highest BCUT2D eigenvalue weighted by Crippen LogP contribution is 2.56. The minimum absolute atomic E-state index is 0.0362. The zero-order valence-corrected chi connectivity index (χ0v) is 21.5. The molecule has 3 heterocycles. The maximum Gasteiger partial charge on any atom is 0.530 e. The van der Waals surface area contributed by atoms with Crippen LogP contribution in [0.2, 0.25) is 0 Å². The van der Waals surface area contributed by atoms with Crippen molar-refractivity contribution in [2.75, 3.05) is 13.2 Å². The number of phosphoric ester groups is 1. The molecule has 1 unspecified atom stereocenters. The fourth-order valence-corrected chi connectivity index (χ4v) is 5.97. The highest BCUT2D eigenvalue weighted by Gasteiger charge is 2.44. The van der Waals surface area contributed by atoms with Gasteiger partial charge in [-0.1, -0.05) is 70.5 Å². The van der Waals surface area contributed by atoms with Crippen molar-refractivity contribution in [1.29, 1.82) is 0 Å². The van der Waals surface area contributed by atoms with Crippen LogP contribution in [0, 0.1) is 5.92 Å². The number of para-hydroxylation sites is 1. The Bertz CT molecular complexity index is 1230. The Labute approximate surface area is 215 Å². The average Bonchev–Trinajstić information content (AvgIpc) is 3.25. The Morgan fingerprint density at radius 1 is 1.19 bits per heavy atom. The molecule has 12 heteroatoms. The number of carbonyl (C=O) groups excluding carboxylic acids is 2. The molecule has 0 bridgehead atoms.